The molecule has 0 aliphatic carbocycles. The van der Waals surface area contributed by atoms with Crippen molar-refractivity contribution in [2.45, 2.75) is 10.6 Å². The van der Waals surface area contributed by atoms with Gasteiger partial charge in [0, 0.05) is 13.6 Å². The maximum atomic E-state index is 12.0. The van der Waals surface area contributed by atoms with Gasteiger partial charge < -0.3 is 10.1 Å². The molecule has 0 unspecified atom stereocenters. The summed E-state index contributed by atoms with van der Waals surface area (Å²) in [6.07, 6.45) is 0.0453. The van der Waals surface area contributed by atoms with E-state index in [1.807, 2.05) is 0 Å². The first-order valence-electron chi connectivity index (χ1n) is 5.71. The Kier molecular flexibility index (Phi) is 6.11. The first kappa shape index (κ1) is 16.6. The lowest BCUT2D eigenvalue weighted by Gasteiger charge is -2.15. The molecule has 1 rings (SSSR count). The van der Waals surface area contributed by atoms with Gasteiger partial charge in [-0.2, -0.15) is 4.31 Å². The number of likely N-dealkylation sites (N-methyl/N-ethyl adjacent to an activating group) is 1. The quantitative estimate of drug-likeness (QED) is 0.717. The van der Waals surface area contributed by atoms with Gasteiger partial charge in [0.25, 0.3) is 10.0 Å². The Morgan fingerprint density at radius 3 is 2.70 bits per heavy atom. The topological polar surface area (TPSA) is 92.8 Å². The highest BCUT2D eigenvalue weighted by Crippen LogP contribution is 2.19. The van der Waals surface area contributed by atoms with Gasteiger partial charge in [-0.3, -0.25) is 9.59 Å². The van der Waals surface area contributed by atoms with E-state index in [4.69, 9.17) is 0 Å². The predicted molar refractivity (Wildman–Crippen MR) is 73.8 cm³/mol. The normalized spacial score (nSPS) is 11.3. The van der Waals surface area contributed by atoms with E-state index in [2.05, 4.69) is 10.1 Å². The molecule has 0 spiro atoms. The second kappa shape index (κ2) is 7.36. The van der Waals surface area contributed by atoms with Crippen LogP contribution in [0.5, 0.6) is 0 Å². The fraction of sp³-hybridized carbons (Fsp3) is 0.455. The average molecular weight is 320 g/mol. The Bertz CT molecular complexity index is 553. The summed E-state index contributed by atoms with van der Waals surface area (Å²) in [6, 6.07) is 3.10. The zero-order valence-corrected chi connectivity index (χ0v) is 12.8. The Balaban J connectivity index is 2.48. The highest BCUT2D eigenvalue weighted by Gasteiger charge is 2.23. The van der Waals surface area contributed by atoms with E-state index in [1.54, 1.807) is 11.4 Å². The fourth-order valence-corrected chi connectivity index (χ4v) is 3.64. The van der Waals surface area contributed by atoms with Crippen LogP contribution in [0.3, 0.4) is 0 Å². The van der Waals surface area contributed by atoms with Gasteiger partial charge in [0.1, 0.15) is 4.21 Å². The number of esters is 1. The lowest BCUT2D eigenvalue weighted by molar-refractivity contribution is -0.140. The number of hydrogen-bond acceptors (Lipinski definition) is 6. The number of thiophene rings is 1. The Labute approximate surface area is 121 Å². The first-order chi connectivity index (χ1) is 9.37. The minimum Gasteiger partial charge on any atom is -0.469 e. The van der Waals surface area contributed by atoms with Crippen LogP contribution in [0.4, 0.5) is 0 Å². The van der Waals surface area contributed by atoms with Gasteiger partial charge in [0.15, 0.2) is 0 Å². The summed E-state index contributed by atoms with van der Waals surface area (Å²) in [4.78, 5) is 22.4. The first-order valence-corrected chi connectivity index (χ1v) is 8.03. The molecular weight excluding hydrogens is 304 g/mol. The number of carbonyl (C=O) groups is 2. The monoisotopic (exact) mass is 320 g/mol. The molecular formula is C11H16N2O5S2. The van der Waals surface area contributed by atoms with E-state index in [0.717, 1.165) is 15.6 Å². The molecule has 0 radical (unpaired) electrons. The third-order valence-corrected chi connectivity index (χ3v) is 5.58. The smallest absolute Gasteiger partial charge is 0.307 e. The molecule has 0 saturated heterocycles. The number of sulfonamides is 1. The highest BCUT2D eigenvalue weighted by atomic mass is 32.2. The standard InChI is InChI=1S/C11H16N2O5S2/c1-13(20(16,17)11-4-3-7-19-11)8-9(14)12-6-5-10(15)18-2/h3-4,7H,5-6,8H2,1-2H3,(H,12,14). The van der Waals surface area contributed by atoms with Gasteiger partial charge in [-0.25, -0.2) is 8.42 Å². The third-order valence-electron chi connectivity index (χ3n) is 2.40. The summed E-state index contributed by atoms with van der Waals surface area (Å²) in [5, 5.41) is 4.10. The van der Waals surface area contributed by atoms with Crippen molar-refractivity contribution in [2.24, 2.45) is 0 Å². The molecule has 0 aliphatic rings. The van der Waals surface area contributed by atoms with Crippen LogP contribution >= 0.6 is 11.3 Å². The van der Waals surface area contributed by atoms with E-state index in [-0.39, 0.29) is 23.7 Å². The van der Waals surface area contributed by atoms with Gasteiger partial charge in [-0.15, -0.1) is 11.3 Å². The van der Waals surface area contributed by atoms with Crippen molar-refractivity contribution < 1.29 is 22.7 Å². The second-order valence-corrected chi connectivity index (χ2v) is 7.09. The van der Waals surface area contributed by atoms with Crippen LogP contribution < -0.4 is 5.32 Å². The molecule has 112 valence electrons. The zero-order valence-electron chi connectivity index (χ0n) is 11.2. The number of carbonyl (C=O) groups excluding carboxylic acids is 2. The summed E-state index contributed by atoms with van der Waals surface area (Å²) in [5.41, 5.74) is 0. The minimum atomic E-state index is -3.64. The second-order valence-electron chi connectivity index (χ2n) is 3.87. The fourth-order valence-electron chi connectivity index (χ4n) is 1.31. The van der Waals surface area contributed by atoms with Crippen molar-refractivity contribution in [2.75, 3.05) is 27.2 Å². The van der Waals surface area contributed by atoms with Crippen molar-refractivity contribution in [3.8, 4) is 0 Å². The Hall–Kier alpha value is -1.45. The Morgan fingerprint density at radius 2 is 2.15 bits per heavy atom. The number of hydrogen-bond donors (Lipinski definition) is 1. The van der Waals surface area contributed by atoms with Gasteiger partial charge in [0.2, 0.25) is 5.91 Å². The third kappa shape index (κ3) is 4.58. The number of rotatable bonds is 7. The van der Waals surface area contributed by atoms with Crippen molar-refractivity contribution in [3.05, 3.63) is 17.5 Å². The molecule has 1 N–H and O–H groups in total. The summed E-state index contributed by atoms with van der Waals surface area (Å²) >= 11 is 1.09. The predicted octanol–water partition coefficient (Wildman–Crippen LogP) is 0.0479. The molecule has 1 amide bonds. The molecule has 1 aromatic heterocycles. The molecule has 0 atom stereocenters. The van der Waals surface area contributed by atoms with Crippen molar-refractivity contribution in [1.29, 1.82) is 0 Å². The summed E-state index contributed by atoms with van der Waals surface area (Å²) in [5.74, 6) is -0.915. The molecule has 0 bridgehead atoms. The van der Waals surface area contributed by atoms with Crippen LogP contribution in [0.25, 0.3) is 0 Å². The molecule has 0 fully saturated rings. The molecule has 0 aliphatic heterocycles. The number of amides is 1. The van der Waals surface area contributed by atoms with Gasteiger partial charge in [-0.1, -0.05) is 6.07 Å². The van der Waals surface area contributed by atoms with Gasteiger partial charge >= 0.3 is 5.97 Å². The zero-order chi connectivity index (χ0) is 15.2. The van der Waals surface area contributed by atoms with Crippen molar-refractivity contribution >= 4 is 33.2 Å². The number of ether oxygens (including phenoxy) is 1. The van der Waals surface area contributed by atoms with Crippen LogP contribution in [0.15, 0.2) is 21.7 Å². The molecule has 0 aromatic carbocycles. The number of nitrogens with one attached hydrogen (secondary N) is 1. The van der Waals surface area contributed by atoms with E-state index in [9.17, 15) is 18.0 Å². The summed E-state index contributed by atoms with van der Waals surface area (Å²) in [6.45, 7) is -0.195. The molecule has 7 nitrogen and oxygen atoms in total. The molecule has 0 saturated carbocycles. The maximum absolute atomic E-state index is 12.0. The largest absolute Gasteiger partial charge is 0.469 e. The summed E-state index contributed by atoms with van der Waals surface area (Å²) < 4.78 is 29.6. The van der Waals surface area contributed by atoms with E-state index in [1.165, 1.54) is 20.2 Å². The van der Waals surface area contributed by atoms with E-state index in [0.29, 0.717) is 0 Å². The minimum absolute atomic E-state index is 0.0453. The van der Waals surface area contributed by atoms with Gasteiger partial charge in [0.05, 0.1) is 20.1 Å². The lowest BCUT2D eigenvalue weighted by Crippen LogP contribution is -2.38. The summed E-state index contributed by atoms with van der Waals surface area (Å²) in [7, 11) is -1.05. The maximum Gasteiger partial charge on any atom is 0.307 e. The van der Waals surface area contributed by atoms with Crippen LogP contribution in [0.2, 0.25) is 0 Å². The van der Waals surface area contributed by atoms with Crippen LogP contribution in [0.1, 0.15) is 6.42 Å². The molecule has 9 heteroatoms. The highest BCUT2D eigenvalue weighted by molar-refractivity contribution is 7.91. The number of nitrogens with zero attached hydrogens (tertiary/aromatic N) is 1. The average Bonchev–Trinajstić information content (AvgIpc) is 2.92. The van der Waals surface area contributed by atoms with Crippen LogP contribution in [-0.2, 0) is 24.3 Å². The molecule has 20 heavy (non-hydrogen) atoms. The SMILES string of the molecule is COC(=O)CCNC(=O)CN(C)S(=O)(=O)c1cccs1. The molecule has 1 heterocycles. The van der Waals surface area contributed by atoms with E-state index < -0.39 is 21.9 Å². The van der Waals surface area contributed by atoms with Crippen molar-refractivity contribution in [1.82, 2.24) is 9.62 Å². The van der Waals surface area contributed by atoms with Crippen LogP contribution in [-0.4, -0.2) is 51.8 Å². The Morgan fingerprint density at radius 1 is 1.45 bits per heavy atom. The lowest BCUT2D eigenvalue weighted by atomic mass is 10.4. The number of methoxy groups -OCH3 is 1. The van der Waals surface area contributed by atoms with E-state index >= 15 is 0 Å². The molecule has 1 aromatic rings. The van der Waals surface area contributed by atoms with Gasteiger partial charge in [-0.05, 0) is 11.4 Å². The van der Waals surface area contributed by atoms with Crippen molar-refractivity contribution in [3.63, 3.8) is 0 Å². The van der Waals surface area contributed by atoms with Crippen LogP contribution in [0, 0.1) is 0 Å².